The van der Waals surface area contributed by atoms with Gasteiger partial charge in [-0.1, -0.05) is 43.7 Å². The number of carbonyl (C=O) groups is 2. The fourth-order valence-electron chi connectivity index (χ4n) is 4.67. The summed E-state index contributed by atoms with van der Waals surface area (Å²) in [5, 5.41) is 2.98. The van der Waals surface area contributed by atoms with Crippen LogP contribution in [0.3, 0.4) is 0 Å². The Kier molecular flexibility index (Phi) is 12.0. The van der Waals surface area contributed by atoms with E-state index in [4.69, 9.17) is 14.2 Å². The van der Waals surface area contributed by atoms with Crippen molar-refractivity contribution in [2.75, 3.05) is 32.2 Å². The normalized spacial score (nSPS) is 12.5. The maximum atomic E-state index is 14.3. The van der Waals surface area contributed by atoms with Crippen LogP contribution in [-0.2, 0) is 26.2 Å². The summed E-state index contributed by atoms with van der Waals surface area (Å²) in [6.07, 6.45) is 1.03. The molecule has 44 heavy (non-hydrogen) atoms. The number of nitrogens with zero attached hydrogens (tertiary/aromatic N) is 2. The molecule has 0 aliphatic carbocycles. The third-order valence-corrected chi connectivity index (χ3v) is 9.21. The number of anilines is 1. The van der Waals surface area contributed by atoms with Crippen LogP contribution < -0.4 is 23.8 Å². The summed E-state index contributed by atoms with van der Waals surface area (Å²) in [6, 6.07) is 17.3. The van der Waals surface area contributed by atoms with Gasteiger partial charge in [0.15, 0.2) is 11.5 Å². The molecule has 0 unspecified atom stereocenters. The quantitative estimate of drug-likeness (QED) is 0.255. The maximum absolute atomic E-state index is 14.3. The fraction of sp³-hybridized carbons (Fsp3) is 0.394. The monoisotopic (exact) mass is 625 g/mol. The number of hydrogen-bond acceptors (Lipinski definition) is 7. The topological polar surface area (TPSA) is 114 Å². The number of rotatable bonds is 15. The molecule has 3 aromatic carbocycles. The van der Waals surface area contributed by atoms with E-state index in [1.54, 1.807) is 49.6 Å². The average molecular weight is 626 g/mol. The van der Waals surface area contributed by atoms with Gasteiger partial charge < -0.3 is 24.4 Å². The van der Waals surface area contributed by atoms with Crippen LogP contribution in [-0.4, -0.2) is 65.1 Å². The van der Waals surface area contributed by atoms with Gasteiger partial charge in [0.05, 0.1) is 31.9 Å². The molecule has 0 bridgehead atoms. The fourth-order valence-corrected chi connectivity index (χ4v) is 6.08. The molecule has 11 heteroatoms. The van der Waals surface area contributed by atoms with E-state index in [0.717, 1.165) is 15.4 Å². The molecule has 0 aromatic heterocycles. The number of hydrogen-bond donors (Lipinski definition) is 1. The predicted molar refractivity (Wildman–Crippen MR) is 171 cm³/mol. The number of nitrogens with one attached hydrogen (secondary N) is 1. The first-order valence-corrected chi connectivity index (χ1v) is 16.0. The second kappa shape index (κ2) is 15.5. The van der Waals surface area contributed by atoms with Crippen LogP contribution in [0.1, 0.15) is 44.7 Å². The molecular weight excluding hydrogens is 582 g/mol. The van der Waals surface area contributed by atoms with Gasteiger partial charge in [0, 0.05) is 18.7 Å². The van der Waals surface area contributed by atoms with Crippen LogP contribution in [0.15, 0.2) is 71.6 Å². The second-order valence-electron chi connectivity index (χ2n) is 10.5. The van der Waals surface area contributed by atoms with Crippen LogP contribution in [0.2, 0.25) is 0 Å². The molecule has 238 valence electrons. The smallest absolute Gasteiger partial charge is 0.264 e. The van der Waals surface area contributed by atoms with E-state index in [1.165, 1.54) is 37.3 Å². The summed E-state index contributed by atoms with van der Waals surface area (Å²) in [6.45, 7) is 7.03. The van der Waals surface area contributed by atoms with Crippen LogP contribution >= 0.6 is 0 Å². The van der Waals surface area contributed by atoms with Crippen molar-refractivity contribution < 1.29 is 32.2 Å². The Balaban J connectivity index is 2.13. The van der Waals surface area contributed by atoms with Crippen molar-refractivity contribution in [3.8, 4) is 17.2 Å². The van der Waals surface area contributed by atoms with Crippen LogP contribution in [0.25, 0.3) is 0 Å². The van der Waals surface area contributed by atoms with E-state index >= 15 is 0 Å². The first-order valence-electron chi connectivity index (χ1n) is 14.5. The highest BCUT2D eigenvalue weighted by molar-refractivity contribution is 7.92. The summed E-state index contributed by atoms with van der Waals surface area (Å²) >= 11 is 0. The molecule has 0 aliphatic rings. The van der Waals surface area contributed by atoms with Gasteiger partial charge in [0.1, 0.15) is 18.3 Å². The van der Waals surface area contributed by atoms with E-state index in [9.17, 15) is 18.0 Å². The van der Waals surface area contributed by atoms with Gasteiger partial charge in [0.2, 0.25) is 11.8 Å². The van der Waals surface area contributed by atoms with E-state index in [1.807, 2.05) is 33.8 Å². The lowest BCUT2D eigenvalue weighted by atomic mass is 10.1. The van der Waals surface area contributed by atoms with Gasteiger partial charge in [-0.15, -0.1) is 0 Å². The van der Waals surface area contributed by atoms with Crippen LogP contribution in [0.5, 0.6) is 17.2 Å². The minimum atomic E-state index is -4.23. The van der Waals surface area contributed by atoms with Crippen molar-refractivity contribution in [3.63, 3.8) is 0 Å². The minimum Gasteiger partial charge on any atom is -0.497 e. The molecule has 2 amide bonds. The number of benzene rings is 3. The molecule has 3 aromatic rings. The molecule has 0 fully saturated rings. The first kappa shape index (κ1) is 34.2. The molecular formula is C33H43N3O7S. The Bertz CT molecular complexity index is 1530. The maximum Gasteiger partial charge on any atom is 0.264 e. The zero-order valence-corrected chi connectivity index (χ0v) is 27.3. The Morgan fingerprint density at radius 3 is 2.14 bits per heavy atom. The summed E-state index contributed by atoms with van der Waals surface area (Å²) in [5.41, 5.74) is 1.82. The predicted octanol–water partition coefficient (Wildman–Crippen LogP) is 4.94. The van der Waals surface area contributed by atoms with E-state index in [2.05, 4.69) is 5.32 Å². The summed E-state index contributed by atoms with van der Waals surface area (Å²) in [4.78, 5) is 29.2. The largest absolute Gasteiger partial charge is 0.497 e. The lowest BCUT2D eigenvalue weighted by Gasteiger charge is -2.34. The van der Waals surface area contributed by atoms with Gasteiger partial charge in [-0.25, -0.2) is 8.42 Å². The average Bonchev–Trinajstić information content (AvgIpc) is 3.03. The molecule has 2 atom stereocenters. The van der Waals surface area contributed by atoms with Crippen molar-refractivity contribution >= 4 is 27.5 Å². The van der Waals surface area contributed by atoms with Gasteiger partial charge >= 0.3 is 0 Å². The summed E-state index contributed by atoms with van der Waals surface area (Å²) in [5.74, 6) is 0.444. The molecule has 0 spiro atoms. The van der Waals surface area contributed by atoms with Crippen molar-refractivity contribution in [1.82, 2.24) is 10.2 Å². The second-order valence-corrected chi connectivity index (χ2v) is 12.3. The molecule has 0 saturated heterocycles. The van der Waals surface area contributed by atoms with Crippen molar-refractivity contribution in [2.24, 2.45) is 0 Å². The number of aryl methyl sites for hydroxylation is 1. The van der Waals surface area contributed by atoms with Crippen LogP contribution in [0.4, 0.5) is 5.69 Å². The molecule has 0 aliphatic heterocycles. The highest BCUT2D eigenvalue weighted by atomic mass is 32.2. The highest BCUT2D eigenvalue weighted by Crippen LogP contribution is 2.34. The van der Waals surface area contributed by atoms with Gasteiger partial charge in [-0.3, -0.25) is 13.9 Å². The number of amides is 2. The van der Waals surface area contributed by atoms with Gasteiger partial charge in [-0.2, -0.15) is 0 Å². The van der Waals surface area contributed by atoms with Crippen LogP contribution in [0, 0.1) is 6.92 Å². The summed E-state index contributed by atoms with van der Waals surface area (Å²) < 4.78 is 45.5. The molecule has 1 N–H and O–H groups in total. The molecule has 3 rings (SSSR count). The first-order chi connectivity index (χ1) is 21.0. The molecule has 10 nitrogen and oxygen atoms in total. The zero-order valence-electron chi connectivity index (χ0n) is 26.5. The van der Waals surface area contributed by atoms with E-state index in [0.29, 0.717) is 30.1 Å². The number of ether oxygens (including phenoxy) is 3. The lowest BCUT2D eigenvalue weighted by Crippen LogP contribution is -2.53. The SMILES string of the molecule is CC[C@H](C)NC(=O)[C@H](CC)N(Cc1cccc(OC)c1)C(=O)CN(c1ccc(OC)c(OC)c1)S(=O)(=O)c1ccc(C)cc1. The Morgan fingerprint density at radius 2 is 1.55 bits per heavy atom. The van der Waals surface area contributed by atoms with Crippen molar-refractivity contribution in [1.29, 1.82) is 0 Å². The highest BCUT2D eigenvalue weighted by Gasteiger charge is 2.34. The molecule has 0 radical (unpaired) electrons. The molecule has 0 saturated carbocycles. The van der Waals surface area contributed by atoms with Gasteiger partial charge in [-0.05, 0) is 68.7 Å². The van der Waals surface area contributed by atoms with Crippen molar-refractivity contribution in [3.05, 3.63) is 77.9 Å². The van der Waals surface area contributed by atoms with Gasteiger partial charge in [0.25, 0.3) is 10.0 Å². The summed E-state index contributed by atoms with van der Waals surface area (Å²) in [7, 11) is 0.242. The Morgan fingerprint density at radius 1 is 0.864 bits per heavy atom. The minimum absolute atomic E-state index is 0.0200. The Labute approximate surface area is 261 Å². The third-order valence-electron chi connectivity index (χ3n) is 7.42. The van der Waals surface area contributed by atoms with E-state index < -0.39 is 28.5 Å². The lowest BCUT2D eigenvalue weighted by molar-refractivity contribution is -0.140. The Hall–Kier alpha value is -4.25. The third kappa shape index (κ3) is 8.22. The zero-order chi connectivity index (χ0) is 32.4. The number of sulfonamides is 1. The standard InChI is InChI=1S/C33H43N3O7S/c1-8-24(4)34-33(38)29(9-2)35(21-25-11-10-12-27(19-25)41-5)32(37)22-36(26-15-18-30(42-6)31(20-26)43-7)44(39,40)28-16-13-23(3)14-17-28/h10-20,24,29H,8-9,21-22H2,1-7H3,(H,34,38)/t24-,29-/m0/s1. The number of carbonyl (C=O) groups excluding carboxylic acids is 2. The molecule has 0 heterocycles. The van der Waals surface area contributed by atoms with E-state index in [-0.39, 0.29) is 29.1 Å². The number of methoxy groups -OCH3 is 3. The van der Waals surface area contributed by atoms with Crippen molar-refractivity contribution in [2.45, 2.75) is 64.1 Å².